The molecule has 9 heteroatoms. The number of rotatable bonds is 8. The summed E-state index contributed by atoms with van der Waals surface area (Å²) >= 11 is 2.14. The van der Waals surface area contributed by atoms with E-state index in [0.717, 1.165) is 14.7 Å². The van der Waals surface area contributed by atoms with Crippen LogP contribution in [-0.4, -0.2) is 34.1 Å². The van der Waals surface area contributed by atoms with Crippen molar-refractivity contribution in [3.8, 4) is 22.9 Å². The van der Waals surface area contributed by atoms with E-state index in [-0.39, 0.29) is 17.7 Å². The molecule has 1 heterocycles. The van der Waals surface area contributed by atoms with E-state index in [0.29, 0.717) is 33.8 Å². The molecule has 0 bridgehead atoms. The number of nitrogens with zero attached hydrogens (tertiary/aromatic N) is 3. The predicted molar refractivity (Wildman–Crippen MR) is 158 cm³/mol. The highest BCUT2D eigenvalue weighted by molar-refractivity contribution is 14.1. The van der Waals surface area contributed by atoms with Crippen LogP contribution < -0.4 is 15.0 Å². The molecule has 0 aliphatic rings. The van der Waals surface area contributed by atoms with Crippen molar-refractivity contribution in [2.45, 2.75) is 6.61 Å². The molecule has 5 rings (SSSR count). The fourth-order valence-corrected chi connectivity index (χ4v) is 4.81. The van der Waals surface area contributed by atoms with E-state index >= 15 is 0 Å². The summed E-state index contributed by atoms with van der Waals surface area (Å²) < 4.78 is 13.6. The van der Waals surface area contributed by atoms with Gasteiger partial charge in [0.25, 0.3) is 5.56 Å². The van der Waals surface area contributed by atoms with Gasteiger partial charge < -0.3 is 14.6 Å². The molecular weight excluding hydrogens is 609 g/mol. The standard InChI is InChI=1S/C30H22IN3O5/c1-38-26-16-20(15-24(31)27(26)39-18-19-8-7-11-22(14-19)30(36)37)17-32-34-28(21-9-3-2-4-10-21)33-25-13-6-5-12-23(25)29(34)35/h2-17H,18H2,1H3,(H,36,37). The number of fused-ring (bicyclic) bond motifs is 1. The number of hydrogen-bond acceptors (Lipinski definition) is 6. The van der Waals surface area contributed by atoms with E-state index in [1.165, 1.54) is 17.9 Å². The molecule has 0 radical (unpaired) electrons. The van der Waals surface area contributed by atoms with Gasteiger partial charge in [0.15, 0.2) is 17.3 Å². The molecule has 0 saturated carbocycles. The average molecular weight is 631 g/mol. The van der Waals surface area contributed by atoms with Crippen molar-refractivity contribution in [3.63, 3.8) is 0 Å². The number of para-hydroxylation sites is 1. The van der Waals surface area contributed by atoms with Crippen LogP contribution in [0.25, 0.3) is 22.3 Å². The molecule has 4 aromatic carbocycles. The Bertz CT molecular complexity index is 1770. The molecule has 5 aromatic rings. The van der Waals surface area contributed by atoms with Gasteiger partial charge in [-0.1, -0.05) is 54.6 Å². The Labute approximate surface area is 237 Å². The molecule has 8 nitrogen and oxygen atoms in total. The van der Waals surface area contributed by atoms with E-state index in [1.54, 1.807) is 48.7 Å². The maximum absolute atomic E-state index is 13.4. The second kappa shape index (κ2) is 11.5. The van der Waals surface area contributed by atoms with Gasteiger partial charge in [-0.05, 0) is 70.1 Å². The Balaban J connectivity index is 1.49. The lowest BCUT2D eigenvalue weighted by Crippen LogP contribution is -2.20. The number of aromatic carboxylic acids is 1. The lowest BCUT2D eigenvalue weighted by Gasteiger charge is -2.14. The van der Waals surface area contributed by atoms with E-state index < -0.39 is 5.97 Å². The monoisotopic (exact) mass is 631 g/mol. The number of hydrogen-bond donors (Lipinski definition) is 1. The van der Waals surface area contributed by atoms with Gasteiger partial charge >= 0.3 is 5.97 Å². The molecule has 0 saturated heterocycles. The number of carboxylic acid groups (broad SMARTS) is 1. The molecule has 39 heavy (non-hydrogen) atoms. The zero-order valence-electron chi connectivity index (χ0n) is 20.7. The molecule has 1 aromatic heterocycles. The van der Waals surface area contributed by atoms with Crippen LogP contribution >= 0.6 is 22.6 Å². The Kier molecular flexibility index (Phi) is 7.69. The molecular formula is C30H22IN3O5. The fourth-order valence-electron chi connectivity index (χ4n) is 4.03. The van der Waals surface area contributed by atoms with Gasteiger partial charge in [-0.3, -0.25) is 4.79 Å². The van der Waals surface area contributed by atoms with Crippen molar-refractivity contribution in [2.24, 2.45) is 5.10 Å². The van der Waals surface area contributed by atoms with Crippen LogP contribution in [0.4, 0.5) is 0 Å². The van der Waals surface area contributed by atoms with Gasteiger partial charge in [-0.2, -0.15) is 9.78 Å². The first-order valence-electron chi connectivity index (χ1n) is 11.9. The van der Waals surface area contributed by atoms with E-state index in [2.05, 4.69) is 27.7 Å². The molecule has 0 spiro atoms. The minimum atomic E-state index is -0.996. The van der Waals surface area contributed by atoms with Crippen molar-refractivity contribution < 1.29 is 19.4 Å². The maximum atomic E-state index is 13.4. The first-order valence-corrected chi connectivity index (χ1v) is 13.0. The topological polar surface area (TPSA) is 103 Å². The third-order valence-electron chi connectivity index (χ3n) is 5.92. The Morgan fingerprint density at radius 1 is 1.03 bits per heavy atom. The summed E-state index contributed by atoms with van der Waals surface area (Å²) in [5, 5.41) is 14.2. The van der Waals surface area contributed by atoms with Crippen LogP contribution in [0.15, 0.2) is 101 Å². The van der Waals surface area contributed by atoms with Gasteiger partial charge in [0.1, 0.15) is 6.61 Å². The third-order valence-corrected chi connectivity index (χ3v) is 6.72. The third kappa shape index (κ3) is 5.68. The minimum Gasteiger partial charge on any atom is -0.493 e. The summed E-state index contributed by atoms with van der Waals surface area (Å²) in [6.45, 7) is 0.166. The number of aromatic nitrogens is 2. The Hall–Kier alpha value is -4.51. The van der Waals surface area contributed by atoms with Crippen molar-refractivity contribution in [1.82, 2.24) is 9.66 Å². The molecule has 1 N–H and O–H groups in total. The highest BCUT2D eigenvalue weighted by atomic mass is 127. The summed E-state index contributed by atoms with van der Waals surface area (Å²) in [4.78, 5) is 29.4. The molecule has 0 aliphatic heterocycles. The van der Waals surface area contributed by atoms with E-state index in [1.807, 2.05) is 42.5 Å². The van der Waals surface area contributed by atoms with Gasteiger partial charge in [0.05, 0.1) is 33.4 Å². The predicted octanol–water partition coefficient (Wildman–Crippen LogP) is 5.84. The number of benzene rings is 4. The van der Waals surface area contributed by atoms with Gasteiger partial charge in [-0.15, -0.1) is 0 Å². The zero-order valence-corrected chi connectivity index (χ0v) is 22.9. The summed E-state index contributed by atoms with van der Waals surface area (Å²) in [6, 6.07) is 26.8. The van der Waals surface area contributed by atoms with Gasteiger partial charge in [-0.25, -0.2) is 9.78 Å². The van der Waals surface area contributed by atoms with Crippen LogP contribution in [0.3, 0.4) is 0 Å². The second-order valence-electron chi connectivity index (χ2n) is 8.51. The van der Waals surface area contributed by atoms with Crippen LogP contribution in [0.2, 0.25) is 0 Å². The fraction of sp³-hybridized carbons (Fsp3) is 0.0667. The Morgan fingerprint density at radius 3 is 2.56 bits per heavy atom. The van der Waals surface area contributed by atoms with E-state index in [4.69, 9.17) is 14.5 Å². The number of ether oxygens (including phenoxy) is 2. The lowest BCUT2D eigenvalue weighted by atomic mass is 10.1. The second-order valence-corrected chi connectivity index (χ2v) is 9.67. The number of carboxylic acids is 1. The average Bonchev–Trinajstić information content (AvgIpc) is 2.96. The van der Waals surface area contributed by atoms with Gasteiger partial charge in [0.2, 0.25) is 0 Å². The van der Waals surface area contributed by atoms with Crippen LogP contribution in [0, 0.1) is 3.57 Å². The highest BCUT2D eigenvalue weighted by Crippen LogP contribution is 2.34. The molecule has 0 fully saturated rings. The van der Waals surface area contributed by atoms with Crippen LogP contribution in [0.1, 0.15) is 21.5 Å². The molecule has 0 unspecified atom stereocenters. The summed E-state index contributed by atoms with van der Waals surface area (Å²) in [6.07, 6.45) is 1.58. The molecule has 0 aliphatic carbocycles. The highest BCUT2D eigenvalue weighted by Gasteiger charge is 2.14. The number of halogens is 1. The smallest absolute Gasteiger partial charge is 0.335 e. The van der Waals surface area contributed by atoms with Crippen molar-refractivity contribution in [1.29, 1.82) is 0 Å². The molecule has 194 valence electrons. The van der Waals surface area contributed by atoms with Crippen LogP contribution in [0.5, 0.6) is 11.5 Å². The zero-order chi connectivity index (χ0) is 27.4. The number of carbonyl (C=O) groups is 1. The normalized spacial score (nSPS) is 11.1. The summed E-state index contributed by atoms with van der Waals surface area (Å²) in [5.74, 6) is 0.431. The largest absolute Gasteiger partial charge is 0.493 e. The van der Waals surface area contributed by atoms with E-state index in [9.17, 15) is 14.7 Å². The first kappa shape index (κ1) is 26.1. The van der Waals surface area contributed by atoms with Crippen molar-refractivity contribution in [3.05, 3.63) is 122 Å². The van der Waals surface area contributed by atoms with Crippen molar-refractivity contribution in [2.75, 3.05) is 7.11 Å². The Morgan fingerprint density at radius 2 is 1.79 bits per heavy atom. The summed E-state index contributed by atoms with van der Waals surface area (Å²) in [7, 11) is 1.54. The first-order chi connectivity index (χ1) is 18.9. The quantitative estimate of drug-likeness (QED) is 0.171. The van der Waals surface area contributed by atoms with Crippen molar-refractivity contribution >= 4 is 45.7 Å². The van der Waals surface area contributed by atoms with Crippen LogP contribution in [-0.2, 0) is 6.61 Å². The molecule has 0 atom stereocenters. The van der Waals surface area contributed by atoms with Gasteiger partial charge in [0, 0.05) is 5.56 Å². The minimum absolute atomic E-state index is 0.166. The number of methoxy groups -OCH3 is 1. The summed E-state index contributed by atoms with van der Waals surface area (Å²) in [5.41, 5.74) is 2.68. The SMILES string of the molecule is COc1cc(C=Nn2c(-c3ccccc3)nc3ccccc3c2=O)cc(I)c1OCc1cccc(C(=O)O)c1. The molecule has 0 amide bonds. The maximum Gasteiger partial charge on any atom is 0.335 e. The lowest BCUT2D eigenvalue weighted by molar-refractivity contribution is 0.0696.